The molecule has 0 amide bonds. The third kappa shape index (κ3) is 3.21. The Kier molecular flexibility index (Phi) is 5.06. The van der Waals surface area contributed by atoms with Gasteiger partial charge in [-0.25, -0.2) is 0 Å². The van der Waals surface area contributed by atoms with E-state index < -0.39 is 0 Å². The van der Waals surface area contributed by atoms with E-state index in [4.69, 9.17) is 11.6 Å². The standard InChI is InChI=1S/C13H14Br2ClN3/c1-3-19-13(11(16)7-18-19)12(17-2)8-4-9(14)6-10(15)5-8/h4-7,12,17H,3H2,1-2H3. The van der Waals surface area contributed by atoms with E-state index in [1.165, 1.54) is 0 Å². The molecule has 3 nitrogen and oxygen atoms in total. The molecule has 1 atom stereocenters. The van der Waals surface area contributed by atoms with E-state index in [1.54, 1.807) is 6.20 Å². The van der Waals surface area contributed by atoms with E-state index in [1.807, 2.05) is 17.8 Å². The summed E-state index contributed by atoms with van der Waals surface area (Å²) >= 11 is 13.3. The number of aromatic nitrogens is 2. The lowest BCUT2D eigenvalue weighted by molar-refractivity contribution is 0.563. The first-order chi connectivity index (χ1) is 9.06. The molecule has 102 valence electrons. The molecule has 0 saturated heterocycles. The molecule has 0 aliphatic carbocycles. The SMILES string of the molecule is CCn1ncc(Cl)c1C(NC)c1cc(Br)cc(Br)c1. The van der Waals surface area contributed by atoms with E-state index >= 15 is 0 Å². The van der Waals surface area contributed by atoms with Gasteiger partial charge in [0.2, 0.25) is 0 Å². The number of nitrogens with one attached hydrogen (secondary N) is 1. The molecule has 1 unspecified atom stereocenters. The van der Waals surface area contributed by atoms with Gasteiger partial charge in [-0.3, -0.25) is 4.68 Å². The molecule has 1 aromatic carbocycles. The van der Waals surface area contributed by atoms with Crippen molar-refractivity contribution in [3.63, 3.8) is 0 Å². The Balaban J connectivity index is 2.52. The van der Waals surface area contributed by atoms with Crippen molar-refractivity contribution in [1.82, 2.24) is 15.1 Å². The second kappa shape index (κ2) is 6.39. The van der Waals surface area contributed by atoms with Crippen LogP contribution in [-0.4, -0.2) is 16.8 Å². The van der Waals surface area contributed by atoms with Crippen molar-refractivity contribution < 1.29 is 0 Å². The molecule has 1 N–H and O–H groups in total. The third-order valence-electron chi connectivity index (χ3n) is 2.91. The van der Waals surface area contributed by atoms with Crippen LogP contribution >= 0.6 is 43.5 Å². The van der Waals surface area contributed by atoms with Crippen molar-refractivity contribution in [2.75, 3.05) is 7.05 Å². The zero-order valence-corrected chi connectivity index (χ0v) is 14.6. The van der Waals surface area contributed by atoms with Gasteiger partial charge in [0.05, 0.1) is 23.0 Å². The van der Waals surface area contributed by atoms with E-state index in [0.29, 0.717) is 5.02 Å². The van der Waals surface area contributed by atoms with Gasteiger partial charge in [-0.15, -0.1) is 0 Å². The van der Waals surface area contributed by atoms with Crippen molar-refractivity contribution in [2.45, 2.75) is 19.5 Å². The Labute approximate surface area is 134 Å². The monoisotopic (exact) mass is 405 g/mol. The first-order valence-corrected chi connectivity index (χ1v) is 7.87. The topological polar surface area (TPSA) is 29.9 Å². The Morgan fingerprint density at radius 1 is 1.32 bits per heavy atom. The van der Waals surface area contributed by atoms with Crippen LogP contribution in [0, 0.1) is 0 Å². The van der Waals surface area contributed by atoms with Crippen LogP contribution in [0.1, 0.15) is 24.2 Å². The molecule has 1 heterocycles. The normalized spacial score (nSPS) is 12.7. The van der Waals surface area contributed by atoms with Gasteiger partial charge in [-0.1, -0.05) is 43.5 Å². The van der Waals surface area contributed by atoms with Gasteiger partial charge in [0, 0.05) is 15.5 Å². The number of aryl methyl sites for hydroxylation is 1. The molecule has 0 spiro atoms. The van der Waals surface area contributed by atoms with Crippen LogP contribution in [0.15, 0.2) is 33.3 Å². The van der Waals surface area contributed by atoms with Crippen molar-refractivity contribution in [3.05, 3.63) is 49.6 Å². The van der Waals surface area contributed by atoms with Gasteiger partial charge in [-0.2, -0.15) is 5.10 Å². The summed E-state index contributed by atoms with van der Waals surface area (Å²) in [7, 11) is 1.92. The molecule has 0 aliphatic rings. The van der Waals surface area contributed by atoms with Crippen LogP contribution in [-0.2, 0) is 6.54 Å². The number of hydrogen-bond acceptors (Lipinski definition) is 2. The van der Waals surface area contributed by atoms with Gasteiger partial charge in [0.1, 0.15) is 0 Å². The van der Waals surface area contributed by atoms with Crippen molar-refractivity contribution in [1.29, 1.82) is 0 Å². The highest BCUT2D eigenvalue weighted by Gasteiger charge is 2.20. The van der Waals surface area contributed by atoms with Gasteiger partial charge in [0.25, 0.3) is 0 Å². The summed E-state index contributed by atoms with van der Waals surface area (Å²) in [6.45, 7) is 2.84. The van der Waals surface area contributed by atoms with E-state index in [-0.39, 0.29) is 6.04 Å². The molecule has 0 fully saturated rings. The van der Waals surface area contributed by atoms with Gasteiger partial charge in [0.15, 0.2) is 0 Å². The van der Waals surface area contributed by atoms with Gasteiger partial charge >= 0.3 is 0 Å². The summed E-state index contributed by atoms with van der Waals surface area (Å²) < 4.78 is 3.96. The predicted octanol–water partition coefficient (Wildman–Crippen LogP) is 4.39. The fraction of sp³-hybridized carbons (Fsp3) is 0.308. The number of hydrogen-bond donors (Lipinski definition) is 1. The van der Waals surface area contributed by atoms with Gasteiger partial charge in [-0.05, 0) is 37.7 Å². The second-order valence-corrected chi connectivity index (χ2v) is 6.36. The molecular weight excluding hydrogens is 393 g/mol. The molecule has 2 rings (SSSR count). The molecule has 0 radical (unpaired) electrons. The molecule has 2 aromatic rings. The smallest absolute Gasteiger partial charge is 0.0837 e. The summed E-state index contributed by atoms with van der Waals surface area (Å²) in [4.78, 5) is 0. The maximum Gasteiger partial charge on any atom is 0.0837 e. The Bertz CT molecular complexity index is 563. The van der Waals surface area contributed by atoms with Crippen molar-refractivity contribution in [3.8, 4) is 0 Å². The van der Waals surface area contributed by atoms with Crippen molar-refractivity contribution in [2.24, 2.45) is 0 Å². The summed E-state index contributed by atoms with van der Waals surface area (Å²) in [5.74, 6) is 0. The van der Waals surface area contributed by atoms with Gasteiger partial charge < -0.3 is 5.32 Å². The lowest BCUT2D eigenvalue weighted by Crippen LogP contribution is -2.21. The Hall–Kier alpha value is -0.360. The average molecular weight is 408 g/mol. The summed E-state index contributed by atoms with van der Waals surface area (Å²) in [6.07, 6.45) is 1.69. The quantitative estimate of drug-likeness (QED) is 0.815. The number of rotatable bonds is 4. The van der Waals surface area contributed by atoms with E-state index in [9.17, 15) is 0 Å². The minimum absolute atomic E-state index is 0.00347. The number of nitrogens with zero attached hydrogens (tertiary/aromatic N) is 2. The number of benzene rings is 1. The lowest BCUT2D eigenvalue weighted by atomic mass is 10.0. The lowest BCUT2D eigenvalue weighted by Gasteiger charge is -2.19. The van der Waals surface area contributed by atoms with Crippen molar-refractivity contribution >= 4 is 43.5 Å². The highest BCUT2D eigenvalue weighted by Crippen LogP contribution is 2.31. The zero-order valence-electron chi connectivity index (χ0n) is 10.6. The van der Waals surface area contributed by atoms with Crippen LogP contribution in [0.25, 0.3) is 0 Å². The third-order valence-corrected chi connectivity index (χ3v) is 4.12. The first-order valence-electron chi connectivity index (χ1n) is 5.91. The maximum absolute atomic E-state index is 6.28. The van der Waals surface area contributed by atoms with Crippen LogP contribution in [0.3, 0.4) is 0 Å². The van der Waals surface area contributed by atoms with Crippen LogP contribution in [0.4, 0.5) is 0 Å². The van der Waals surface area contributed by atoms with E-state index in [2.05, 4.69) is 61.3 Å². The van der Waals surface area contributed by atoms with Crippen LogP contribution in [0.5, 0.6) is 0 Å². The highest BCUT2D eigenvalue weighted by atomic mass is 79.9. The molecule has 1 aromatic heterocycles. The van der Waals surface area contributed by atoms with Crippen LogP contribution < -0.4 is 5.32 Å². The summed E-state index contributed by atoms with van der Waals surface area (Å²) in [5, 5.41) is 8.28. The highest BCUT2D eigenvalue weighted by molar-refractivity contribution is 9.11. The Morgan fingerprint density at radius 2 is 1.95 bits per heavy atom. The summed E-state index contributed by atoms with van der Waals surface area (Å²) in [6, 6.07) is 6.17. The molecule has 0 saturated carbocycles. The number of halogens is 3. The maximum atomic E-state index is 6.28. The molecule has 19 heavy (non-hydrogen) atoms. The van der Waals surface area contributed by atoms with E-state index in [0.717, 1.165) is 26.7 Å². The second-order valence-electron chi connectivity index (χ2n) is 4.12. The summed E-state index contributed by atoms with van der Waals surface area (Å²) in [5.41, 5.74) is 2.11. The molecule has 0 aliphatic heterocycles. The molecular formula is C13H14Br2ClN3. The Morgan fingerprint density at radius 3 is 2.47 bits per heavy atom. The molecule has 0 bridgehead atoms. The molecule has 6 heteroatoms. The fourth-order valence-corrected chi connectivity index (χ4v) is 3.69. The fourth-order valence-electron chi connectivity index (χ4n) is 2.11. The minimum atomic E-state index is 0.00347. The zero-order chi connectivity index (χ0) is 14.0. The average Bonchev–Trinajstić information content (AvgIpc) is 2.71. The minimum Gasteiger partial charge on any atom is -0.308 e. The van der Waals surface area contributed by atoms with Crippen LogP contribution in [0.2, 0.25) is 5.02 Å². The first kappa shape index (κ1) is 15.0. The largest absolute Gasteiger partial charge is 0.308 e. The predicted molar refractivity (Wildman–Crippen MR) is 85.7 cm³/mol.